The van der Waals surface area contributed by atoms with Gasteiger partial charge >= 0.3 is 0 Å². The van der Waals surface area contributed by atoms with Gasteiger partial charge in [-0.15, -0.1) is 0 Å². The van der Waals surface area contributed by atoms with Crippen molar-refractivity contribution in [1.82, 2.24) is 0 Å². The molecule has 0 aliphatic carbocycles. The van der Waals surface area contributed by atoms with Crippen molar-refractivity contribution in [3.8, 4) is 0 Å². The molecular weight excluding hydrogens is 180 g/mol. The summed E-state index contributed by atoms with van der Waals surface area (Å²) in [6.07, 6.45) is 7.88. The lowest BCUT2D eigenvalue weighted by atomic mass is 10.1. The molecule has 0 atom stereocenters. The van der Waals surface area contributed by atoms with Crippen LogP contribution in [0, 0.1) is 0 Å². The average Bonchev–Trinajstić information content (AvgIpc) is 2.34. The monoisotopic (exact) mass is 200 g/mol. The molecule has 0 radical (unpaired) electrons. The zero-order chi connectivity index (χ0) is 11.5. The summed E-state index contributed by atoms with van der Waals surface area (Å²) in [5.41, 5.74) is 2.46. The van der Waals surface area contributed by atoms with E-state index in [0.717, 1.165) is 0 Å². The minimum atomic E-state index is 1.22. The Balaban J connectivity index is 0.000000921. The molecule has 0 aliphatic heterocycles. The molecule has 0 fully saturated rings. The highest BCUT2D eigenvalue weighted by Gasteiger charge is 1.92. The van der Waals surface area contributed by atoms with Gasteiger partial charge in [-0.05, 0) is 18.1 Å². The van der Waals surface area contributed by atoms with E-state index in [0.29, 0.717) is 0 Å². The molecule has 0 saturated heterocycles. The summed E-state index contributed by atoms with van der Waals surface area (Å²) in [5, 5.41) is 0. The van der Waals surface area contributed by atoms with E-state index in [-0.39, 0.29) is 0 Å². The highest BCUT2D eigenvalue weighted by molar-refractivity contribution is 5.73. The van der Waals surface area contributed by atoms with Crippen molar-refractivity contribution in [2.45, 2.75) is 20.8 Å². The van der Waals surface area contributed by atoms with Crippen LogP contribution < -0.4 is 0 Å². The Kier molecular flexibility index (Phi) is 8.08. The standard InChI is InChI=1S/C13H14.C2H6/c1-3-5-9-12(4-2)13-10-7-6-8-11-13;1-2/h3-11H,1H2,2H3;1-2H3/b9-5-,12-4+;. The number of benzene rings is 1. The number of rotatable bonds is 3. The first-order valence-corrected chi connectivity index (χ1v) is 5.39. The summed E-state index contributed by atoms with van der Waals surface area (Å²) >= 11 is 0. The van der Waals surface area contributed by atoms with E-state index in [1.54, 1.807) is 6.08 Å². The lowest BCUT2D eigenvalue weighted by Crippen LogP contribution is -1.77. The van der Waals surface area contributed by atoms with Gasteiger partial charge in [0.25, 0.3) is 0 Å². The zero-order valence-corrected chi connectivity index (χ0v) is 9.90. The Morgan fingerprint density at radius 1 is 1.13 bits per heavy atom. The number of hydrogen-bond donors (Lipinski definition) is 0. The van der Waals surface area contributed by atoms with E-state index in [2.05, 4.69) is 30.9 Å². The SMILES string of the molecule is C=C/C=C\C(=C/C)c1ccccc1.CC. The van der Waals surface area contributed by atoms with Crippen LogP contribution in [0.1, 0.15) is 26.3 Å². The minimum absolute atomic E-state index is 1.22. The van der Waals surface area contributed by atoms with E-state index >= 15 is 0 Å². The third-order valence-electron chi connectivity index (χ3n) is 1.83. The van der Waals surface area contributed by atoms with Crippen molar-refractivity contribution in [3.05, 3.63) is 66.8 Å². The van der Waals surface area contributed by atoms with Crippen LogP contribution in [0.3, 0.4) is 0 Å². The van der Waals surface area contributed by atoms with Crippen LogP contribution in [0.15, 0.2) is 61.2 Å². The Bertz CT molecular complexity index is 315. The molecule has 0 spiro atoms. The van der Waals surface area contributed by atoms with Crippen LogP contribution in [-0.4, -0.2) is 0 Å². The van der Waals surface area contributed by atoms with E-state index in [4.69, 9.17) is 0 Å². The molecule has 1 rings (SSSR count). The lowest BCUT2D eigenvalue weighted by Gasteiger charge is -1.99. The van der Waals surface area contributed by atoms with Crippen molar-refractivity contribution >= 4 is 5.57 Å². The quantitative estimate of drug-likeness (QED) is 0.611. The smallest absolute Gasteiger partial charge is 0.0187 e. The fourth-order valence-corrected chi connectivity index (χ4v) is 1.16. The van der Waals surface area contributed by atoms with Crippen molar-refractivity contribution in [2.75, 3.05) is 0 Å². The summed E-state index contributed by atoms with van der Waals surface area (Å²) in [4.78, 5) is 0. The fraction of sp³-hybridized carbons (Fsp3) is 0.200. The molecule has 15 heavy (non-hydrogen) atoms. The van der Waals surface area contributed by atoms with Crippen LogP contribution in [0.5, 0.6) is 0 Å². The van der Waals surface area contributed by atoms with Gasteiger partial charge < -0.3 is 0 Å². The predicted octanol–water partition coefficient (Wildman–Crippen LogP) is 4.86. The Morgan fingerprint density at radius 2 is 1.73 bits per heavy atom. The van der Waals surface area contributed by atoms with Crippen molar-refractivity contribution < 1.29 is 0 Å². The predicted molar refractivity (Wildman–Crippen MR) is 70.8 cm³/mol. The molecule has 80 valence electrons. The highest BCUT2D eigenvalue weighted by Crippen LogP contribution is 2.14. The number of allylic oxidation sites excluding steroid dienone is 5. The first kappa shape index (κ1) is 13.4. The molecule has 0 amide bonds. The van der Waals surface area contributed by atoms with Gasteiger partial charge in [0, 0.05) is 0 Å². The van der Waals surface area contributed by atoms with Gasteiger partial charge in [0.15, 0.2) is 0 Å². The van der Waals surface area contributed by atoms with Gasteiger partial charge in [-0.25, -0.2) is 0 Å². The maximum Gasteiger partial charge on any atom is -0.0187 e. The van der Waals surface area contributed by atoms with Gasteiger partial charge in [-0.2, -0.15) is 0 Å². The molecule has 1 aromatic rings. The van der Waals surface area contributed by atoms with Crippen molar-refractivity contribution in [3.63, 3.8) is 0 Å². The van der Waals surface area contributed by atoms with Crippen LogP contribution in [0.4, 0.5) is 0 Å². The molecule has 0 bridgehead atoms. The van der Waals surface area contributed by atoms with E-state index in [1.165, 1.54) is 11.1 Å². The van der Waals surface area contributed by atoms with Crippen LogP contribution >= 0.6 is 0 Å². The van der Waals surface area contributed by atoms with E-state index in [1.807, 2.05) is 45.0 Å². The molecule has 0 heterocycles. The maximum absolute atomic E-state index is 3.65. The summed E-state index contributed by atoms with van der Waals surface area (Å²) in [7, 11) is 0. The average molecular weight is 200 g/mol. The molecule has 0 saturated carbocycles. The van der Waals surface area contributed by atoms with Crippen LogP contribution in [-0.2, 0) is 0 Å². The summed E-state index contributed by atoms with van der Waals surface area (Å²) < 4.78 is 0. The van der Waals surface area contributed by atoms with E-state index < -0.39 is 0 Å². The molecule has 1 aromatic carbocycles. The summed E-state index contributed by atoms with van der Waals surface area (Å²) in [6.45, 7) is 9.68. The first-order valence-electron chi connectivity index (χ1n) is 5.39. The second kappa shape index (κ2) is 9.01. The zero-order valence-electron chi connectivity index (χ0n) is 9.90. The molecule has 0 N–H and O–H groups in total. The summed E-state index contributed by atoms with van der Waals surface area (Å²) in [6, 6.07) is 10.3. The van der Waals surface area contributed by atoms with Gasteiger partial charge in [0.05, 0.1) is 0 Å². The van der Waals surface area contributed by atoms with Crippen molar-refractivity contribution in [2.24, 2.45) is 0 Å². The van der Waals surface area contributed by atoms with Crippen LogP contribution in [0.2, 0.25) is 0 Å². The summed E-state index contributed by atoms with van der Waals surface area (Å²) in [5.74, 6) is 0. The van der Waals surface area contributed by atoms with Gasteiger partial charge in [0.1, 0.15) is 0 Å². The first-order chi connectivity index (χ1) is 7.38. The van der Waals surface area contributed by atoms with Crippen LogP contribution in [0.25, 0.3) is 5.57 Å². The number of hydrogen-bond acceptors (Lipinski definition) is 0. The maximum atomic E-state index is 3.65. The highest BCUT2D eigenvalue weighted by atomic mass is 14.0. The molecule has 0 nitrogen and oxygen atoms in total. The third-order valence-corrected chi connectivity index (χ3v) is 1.83. The molecule has 0 heteroatoms. The minimum Gasteiger partial charge on any atom is -0.0991 e. The normalized spacial score (nSPS) is 10.7. The topological polar surface area (TPSA) is 0 Å². The van der Waals surface area contributed by atoms with Gasteiger partial charge in [-0.3, -0.25) is 0 Å². The Hall–Kier alpha value is -1.56. The molecule has 0 unspecified atom stereocenters. The van der Waals surface area contributed by atoms with Gasteiger partial charge in [-0.1, -0.05) is 75.1 Å². The second-order valence-electron chi connectivity index (χ2n) is 2.70. The molecular formula is C15H20. The fourth-order valence-electron chi connectivity index (χ4n) is 1.16. The van der Waals surface area contributed by atoms with Gasteiger partial charge in [0.2, 0.25) is 0 Å². The van der Waals surface area contributed by atoms with E-state index in [9.17, 15) is 0 Å². The Labute approximate surface area is 93.7 Å². The molecule has 0 aromatic heterocycles. The Morgan fingerprint density at radius 3 is 2.20 bits per heavy atom. The third kappa shape index (κ3) is 5.02. The lowest BCUT2D eigenvalue weighted by molar-refractivity contribution is 1.50. The van der Waals surface area contributed by atoms with Crippen molar-refractivity contribution in [1.29, 1.82) is 0 Å². The molecule has 0 aliphatic rings. The second-order valence-corrected chi connectivity index (χ2v) is 2.70. The largest absolute Gasteiger partial charge is 0.0991 e.